The Balaban J connectivity index is 4.55. The summed E-state index contributed by atoms with van der Waals surface area (Å²) in [6.07, 6.45) is 0.227. The van der Waals surface area contributed by atoms with E-state index in [0.717, 1.165) is 0 Å². The second-order valence-corrected chi connectivity index (χ2v) is 4.15. The predicted molar refractivity (Wildman–Crippen MR) is 58.4 cm³/mol. The van der Waals surface area contributed by atoms with Gasteiger partial charge >= 0.3 is 5.97 Å². The van der Waals surface area contributed by atoms with Crippen LogP contribution in [0.3, 0.4) is 0 Å². The molecule has 0 saturated heterocycles. The highest BCUT2D eigenvalue weighted by Crippen LogP contribution is 2.07. The second-order valence-electron chi connectivity index (χ2n) is 4.15. The lowest BCUT2D eigenvalue weighted by atomic mass is 10.1. The molecule has 0 spiro atoms. The number of carboxylic acid groups (broad SMARTS) is 1. The van der Waals surface area contributed by atoms with E-state index in [1.807, 2.05) is 19.9 Å². The first-order chi connectivity index (χ1) is 7.40. The van der Waals surface area contributed by atoms with Gasteiger partial charge in [0, 0.05) is 13.1 Å². The van der Waals surface area contributed by atoms with Crippen molar-refractivity contribution in [1.82, 2.24) is 4.90 Å². The number of rotatable bonds is 6. The number of hydrogen-bond acceptors (Lipinski definition) is 3. The molecule has 90 valence electrons. The quantitative estimate of drug-likeness (QED) is 0.688. The standard InChI is InChI=1S/C11H18N2O3/c1-8(2)7-13(6-4-5-12)10(14)9(3)11(15)16/h8-9H,4,6-7H2,1-3H3,(H,15,16). The Morgan fingerprint density at radius 1 is 1.38 bits per heavy atom. The van der Waals surface area contributed by atoms with Crippen LogP contribution in [0.1, 0.15) is 27.2 Å². The Bertz CT molecular complexity index is 294. The van der Waals surface area contributed by atoms with E-state index in [2.05, 4.69) is 0 Å². The van der Waals surface area contributed by atoms with E-state index in [-0.39, 0.29) is 12.3 Å². The van der Waals surface area contributed by atoms with Crippen molar-refractivity contribution in [1.29, 1.82) is 5.26 Å². The van der Waals surface area contributed by atoms with Crippen molar-refractivity contribution in [2.24, 2.45) is 11.8 Å². The highest BCUT2D eigenvalue weighted by atomic mass is 16.4. The molecule has 16 heavy (non-hydrogen) atoms. The maximum absolute atomic E-state index is 11.8. The fourth-order valence-electron chi connectivity index (χ4n) is 1.30. The summed E-state index contributed by atoms with van der Waals surface area (Å²) in [6, 6.07) is 1.95. The van der Waals surface area contributed by atoms with Crippen LogP contribution in [0.25, 0.3) is 0 Å². The number of hydrogen-bond donors (Lipinski definition) is 1. The van der Waals surface area contributed by atoms with Crippen molar-refractivity contribution in [3.05, 3.63) is 0 Å². The van der Waals surface area contributed by atoms with E-state index in [9.17, 15) is 9.59 Å². The molecule has 0 bridgehead atoms. The van der Waals surface area contributed by atoms with Crippen molar-refractivity contribution < 1.29 is 14.7 Å². The molecule has 5 nitrogen and oxygen atoms in total. The fraction of sp³-hybridized carbons (Fsp3) is 0.727. The van der Waals surface area contributed by atoms with Gasteiger partial charge in [0.25, 0.3) is 0 Å². The zero-order valence-corrected chi connectivity index (χ0v) is 9.93. The molecule has 0 aliphatic carbocycles. The van der Waals surface area contributed by atoms with Gasteiger partial charge < -0.3 is 10.0 Å². The molecule has 0 rings (SSSR count). The van der Waals surface area contributed by atoms with Crippen LogP contribution < -0.4 is 0 Å². The van der Waals surface area contributed by atoms with E-state index in [1.54, 1.807) is 0 Å². The lowest BCUT2D eigenvalue weighted by molar-refractivity contribution is -0.150. The molecule has 1 unspecified atom stereocenters. The van der Waals surface area contributed by atoms with Crippen molar-refractivity contribution in [2.75, 3.05) is 13.1 Å². The smallest absolute Gasteiger partial charge is 0.315 e. The molecule has 1 N–H and O–H groups in total. The summed E-state index contributed by atoms with van der Waals surface area (Å²) in [4.78, 5) is 23.9. The summed E-state index contributed by atoms with van der Waals surface area (Å²) in [7, 11) is 0. The Morgan fingerprint density at radius 2 is 1.94 bits per heavy atom. The highest BCUT2D eigenvalue weighted by molar-refractivity contribution is 5.96. The Kier molecular flexibility index (Phi) is 6.16. The van der Waals surface area contributed by atoms with Gasteiger partial charge in [-0.05, 0) is 12.8 Å². The third kappa shape index (κ3) is 4.78. The van der Waals surface area contributed by atoms with Crippen LogP contribution in [0.4, 0.5) is 0 Å². The summed E-state index contributed by atoms with van der Waals surface area (Å²) in [6.45, 7) is 6.03. The maximum atomic E-state index is 11.8. The van der Waals surface area contributed by atoms with Gasteiger partial charge in [-0.2, -0.15) is 5.26 Å². The van der Waals surface area contributed by atoms with Crippen molar-refractivity contribution in [3.8, 4) is 6.07 Å². The first-order valence-corrected chi connectivity index (χ1v) is 5.28. The largest absolute Gasteiger partial charge is 0.481 e. The van der Waals surface area contributed by atoms with Crippen LogP contribution in [-0.2, 0) is 9.59 Å². The Labute approximate surface area is 95.7 Å². The molecule has 5 heteroatoms. The first-order valence-electron chi connectivity index (χ1n) is 5.28. The van der Waals surface area contributed by atoms with Crippen LogP contribution in [0.5, 0.6) is 0 Å². The van der Waals surface area contributed by atoms with Gasteiger partial charge in [0.15, 0.2) is 0 Å². The summed E-state index contributed by atoms with van der Waals surface area (Å²) in [5, 5.41) is 17.2. The molecule has 0 aromatic carbocycles. The van der Waals surface area contributed by atoms with E-state index in [1.165, 1.54) is 11.8 Å². The lowest BCUT2D eigenvalue weighted by Gasteiger charge is -2.25. The number of amides is 1. The van der Waals surface area contributed by atoms with Crippen LogP contribution >= 0.6 is 0 Å². The molecule has 0 aliphatic heterocycles. The van der Waals surface area contributed by atoms with E-state index in [4.69, 9.17) is 10.4 Å². The number of aliphatic carboxylic acids is 1. The van der Waals surface area contributed by atoms with E-state index in [0.29, 0.717) is 13.1 Å². The molecule has 0 saturated carbocycles. The number of nitriles is 1. The van der Waals surface area contributed by atoms with Gasteiger partial charge in [-0.1, -0.05) is 13.8 Å². The Hall–Kier alpha value is -1.57. The number of nitrogens with zero attached hydrogens (tertiary/aromatic N) is 2. The van der Waals surface area contributed by atoms with Gasteiger partial charge in [-0.3, -0.25) is 9.59 Å². The molecule has 0 heterocycles. The van der Waals surface area contributed by atoms with Crippen LogP contribution in [0, 0.1) is 23.2 Å². The molecule has 1 amide bonds. The van der Waals surface area contributed by atoms with Crippen molar-refractivity contribution in [3.63, 3.8) is 0 Å². The van der Waals surface area contributed by atoms with Gasteiger partial charge in [0.1, 0.15) is 5.92 Å². The zero-order chi connectivity index (χ0) is 12.7. The molecule has 0 radical (unpaired) electrons. The van der Waals surface area contributed by atoms with Gasteiger partial charge in [-0.25, -0.2) is 0 Å². The average molecular weight is 226 g/mol. The van der Waals surface area contributed by atoms with Gasteiger partial charge in [0.05, 0.1) is 12.5 Å². The molecule has 0 aromatic heterocycles. The first kappa shape index (κ1) is 14.4. The maximum Gasteiger partial charge on any atom is 0.315 e. The minimum absolute atomic E-state index is 0.227. The lowest BCUT2D eigenvalue weighted by Crippen LogP contribution is -2.40. The molecule has 0 fully saturated rings. The van der Waals surface area contributed by atoms with Gasteiger partial charge in [0.2, 0.25) is 5.91 Å². The third-order valence-electron chi connectivity index (χ3n) is 2.13. The normalized spacial score (nSPS) is 11.9. The number of carboxylic acids is 1. The topological polar surface area (TPSA) is 81.4 Å². The minimum atomic E-state index is -1.13. The van der Waals surface area contributed by atoms with Crippen LogP contribution in [0.15, 0.2) is 0 Å². The summed E-state index contributed by atoms with van der Waals surface area (Å²) < 4.78 is 0. The average Bonchev–Trinajstić information content (AvgIpc) is 2.21. The number of carbonyl (C=O) groups excluding carboxylic acids is 1. The van der Waals surface area contributed by atoms with Crippen LogP contribution in [-0.4, -0.2) is 35.0 Å². The van der Waals surface area contributed by atoms with Crippen LogP contribution in [0.2, 0.25) is 0 Å². The monoisotopic (exact) mass is 226 g/mol. The molecule has 0 aromatic rings. The fourth-order valence-corrected chi connectivity index (χ4v) is 1.30. The molecular weight excluding hydrogens is 208 g/mol. The molecule has 1 atom stereocenters. The summed E-state index contributed by atoms with van der Waals surface area (Å²) >= 11 is 0. The highest BCUT2D eigenvalue weighted by Gasteiger charge is 2.26. The number of carbonyl (C=O) groups is 2. The Morgan fingerprint density at radius 3 is 2.31 bits per heavy atom. The predicted octanol–water partition coefficient (Wildman–Crippen LogP) is 1.11. The molecular formula is C11H18N2O3. The van der Waals surface area contributed by atoms with Gasteiger partial charge in [-0.15, -0.1) is 0 Å². The van der Waals surface area contributed by atoms with E-state index >= 15 is 0 Å². The van der Waals surface area contributed by atoms with Crippen molar-refractivity contribution >= 4 is 11.9 Å². The zero-order valence-electron chi connectivity index (χ0n) is 9.93. The minimum Gasteiger partial charge on any atom is -0.481 e. The SMILES string of the molecule is CC(C)CN(CCC#N)C(=O)C(C)C(=O)O. The van der Waals surface area contributed by atoms with E-state index < -0.39 is 17.8 Å². The second kappa shape index (κ2) is 6.83. The summed E-state index contributed by atoms with van der Waals surface area (Å²) in [5.74, 6) is -2.34. The molecule has 0 aliphatic rings. The summed E-state index contributed by atoms with van der Waals surface area (Å²) in [5.41, 5.74) is 0. The van der Waals surface area contributed by atoms with Crippen molar-refractivity contribution in [2.45, 2.75) is 27.2 Å². The third-order valence-corrected chi connectivity index (χ3v) is 2.13.